The van der Waals surface area contributed by atoms with E-state index in [2.05, 4.69) is 0 Å². The third kappa shape index (κ3) is 3.21. The first kappa shape index (κ1) is 15.5. The maximum atomic E-state index is 12.2. The van der Waals surface area contributed by atoms with Gasteiger partial charge in [-0.15, -0.1) is 0 Å². The Bertz CT molecular complexity index is 537. The summed E-state index contributed by atoms with van der Waals surface area (Å²) in [5.74, 6) is 0. The molecule has 0 spiro atoms. The van der Waals surface area contributed by atoms with Gasteiger partial charge >= 0.3 is 6.09 Å². The lowest BCUT2D eigenvalue weighted by atomic mass is 9.94. The lowest BCUT2D eigenvalue weighted by Gasteiger charge is -2.36. The van der Waals surface area contributed by atoms with E-state index in [4.69, 9.17) is 27.9 Å². The van der Waals surface area contributed by atoms with E-state index in [9.17, 15) is 4.79 Å². The van der Waals surface area contributed by atoms with Gasteiger partial charge in [0.2, 0.25) is 0 Å². The maximum absolute atomic E-state index is 12.2. The Labute approximate surface area is 129 Å². The smallest absolute Gasteiger partial charge is 0.410 e. The highest BCUT2D eigenvalue weighted by Gasteiger charge is 2.32. The lowest BCUT2D eigenvalue weighted by Crippen LogP contribution is -2.42. The second kappa shape index (κ2) is 5.45. The molecule has 1 aliphatic rings. The molecule has 5 heteroatoms. The SMILES string of the molecule is C[C@H]1c2cc(Cl)cc(Cl)c2CCN1C(=O)OC(C)(C)C. The monoisotopic (exact) mass is 315 g/mol. The minimum atomic E-state index is -0.497. The molecule has 1 heterocycles. The molecule has 1 aromatic rings. The number of carbonyl (C=O) groups excluding carboxylic acids is 1. The van der Waals surface area contributed by atoms with Crippen molar-refractivity contribution in [2.75, 3.05) is 6.54 Å². The van der Waals surface area contributed by atoms with Crippen LogP contribution in [0.5, 0.6) is 0 Å². The summed E-state index contributed by atoms with van der Waals surface area (Å²) in [6, 6.07) is 3.53. The van der Waals surface area contributed by atoms with E-state index >= 15 is 0 Å². The van der Waals surface area contributed by atoms with Crippen molar-refractivity contribution in [2.24, 2.45) is 0 Å². The van der Waals surface area contributed by atoms with Crippen molar-refractivity contribution in [1.82, 2.24) is 4.90 Å². The van der Waals surface area contributed by atoms with Gasteiger partial charge in [-0.05, 0) is 57.4 Å². The molecule has 0 aromatic heterocycles. The molecule has 0 bridgehead atoms. The molecule has 110 valence electrons. The summed E-state index contributed by atoms with van der Waals surface area (Å²) in [5.41, 5.74) is 1.58. The van der Waals surface area contributed by atoms with Crippen molar-refractivity contribution in [3.8, 4) is 0 Å². The number of carbonyl (C=O) groups is 1. The van der Waals surface area contributed by atoms with Crippen LogP contribution in [0.15, 0.2) is 12.1 Å². The second-order valence-electron chi connectivity index (χ2n) is 6.06. The third-order valence-corrected chi connectivity index (χ3v) is 3.90. The second-order valence-corrected chi connectivity index (χ2v) is 6.90. The Kier molecular flexibility index (Phi) is 4.22. The average molecular weight is 316 g/mol. The first-order valence-electron chi connectivity index (χ1n) is 6.66. The van der Waals surface area contributed by atoms with Crippen molar-refractivity contribution in [2.45, 2.75) is 45.8 Å². The molecule has 0 saturated carbocycles. The van der Waals surface area contributed by atoms with Crippen molar-refractivity contribution in [1.29, 1.82) is 0 Å². The molecule has 20 heavy (non-hydrogen) atoms. The summed E-state index contributed by atoms with van der Waals surface area (Å²) in [4.78, 5) is 14.0. The molecule has 2 rings (SSSR count). The summed E-state index contributed by atoms with van der Waals surface area (Å²) in [5, 5.41) is 1.26. The molecule has 0 fully saturated rings. The van der Waals surface area contributed by atoms with Crippen LogP contribution < -0.4 is 0 Å². The zero-order valence-corrected chi connectivity index (χ0v) is 13.7. The van der Waals surface area contributed by atoms with E-state index in [-0.39, 0.29) is 12.1 Å². The highest BCUT2D eigenvalue weighted by atomic mass is 35.5. The van der Waals surface area contributed by atoms with Gasteiger partial charge in [0.1, 0.15) is 5.60 Å². The van der Waals surface area contributed by atoms with E-state index in [1.807, 2.05) is 33.8 Å². The Morgan fingerprint density at radius 1 is 1.35 bits per heavy atom. The molecule has 0 unspecified atom stereocenters. The Balaban J connectivity index is 2.28. The van der Waals surface area contributed by atoms with Crippen LogP contribution in [0.4, 0.5) is 4.79 Å². The number of halogens is 2. The number of ether oxygens (including phenoxy) is 1. The van der Waals surface area contributed by atoms with Crippen LogP contribution >= 0.6 is 23.2 Å². The Morgan fingerprint density at radius 3 is 2.60 bits per heavy atom. The van der Waals surface area contributed by atoms with Gasteiger partial charge in [-0.2, -0.15) is 0 Å². The third-order valence-electron chi connectivity index (χ3n) is 3.34. The fourth-order valence-corrected chi connectivity index (χ4v) is 3.03. The maximum Gasteiger partial charge on any atom is 0.410 e. The minimum Gasteiger partial charge on any atom is -0.444 e. The number of hydrogen-bond donors (Lipinski definition) is 0. The topological polar surface area (TPSA) is 29.5 Å². The summed E-state index contributed by atoms with van der Waals surface area (Å²) in [7, 11) is 0. The molecule has 1 atom stereocenters. The first-order valence-corrected chi connectivity index (χ1v) is 7.42. The number of nitrogens with zero attached hydrogens (tertiary/aromatic N) is 1. The Morgan fingerprint density at radius 2 is 2.00 bits per heavy atom. The van der Waals surface area contributed by atoms with Gasteiger partial charge in [0.05, 0.1) is 6.04 Å². The number of hydrogen-bond acceptors (Lipinski definition) is 2. The minimum absolute atomic E-state index is 0.0928. The van der Waals surface area contributed by atoms with Gasteiger partial charge < -0.3 is 9.64 Å². The normalized spacial score (nSPS) is 18.7. The molecule has 1 aromatic carbocycles. The summed E-state index contributed by atoms with van der Waals surface area (Å²) in [6.07, 6.45) is 0.418. The molecule has 0 N–H and O–H groups in total. The zero-order chi connectivity index (χ0) is 15.1. The molecule has 3 nitrogen and oxygen atoms in total. The van der Waals surface area contributed by atoms with Gasteiger partial charge in [-0.3, -0.25) is 0 Å². The van der Waals surface area contributed by atoms with Crippen molar-refractivity contribution in [3.63, 3.8) is 0 Å². The molecule has 0 radical (unpaired) electrons. The van der Waals surface area contributed by atoms with Gasteiger partial charge in [-0.1, -0.05) is 23.2 Å². The quantitative estimate of drug-likeness (QED) is 0.685. The molecule has 0 aliphatic carbocycles. The number of benzene rings is 1. The molecule has 1 aliphatic heterocycles. The lowest BCUT2D eigenvalue weighted by molar-refractivity contribution is 0.0160. The van der Waals surface area contributed by atoms with E-state index in [1.165, 1.54) is 0 Å². The number of amides is 1. The average Bonchev–Trinajstić information content (AvgIpc) is 2.28. The van der Waals surface area contributed by atoms with E-state index in [1.54, 1.807) is 11.0 Å². The fraction of sp³-hybridized carbons (Fsp3) is 0.533. The predicted molar refractivity (Wildman–Crippen MR) is 81.5 cm³/mol. The molecular formula is C15H19Cl2NO2. The zero-order valence-electron chi connectivity index (χ0n) is 12.2. The molecule has 1 amide bonds. The van der Waals surface area contributed by atoms with E-state index < -0.39 is 5.60 Å². The van der Waals surface area contributed by atoms with Crippen molar-refractivity contribution in [3.05, 3.63) is 33.3 Å². The van der Waals surface area contributed by atoms with Crippen LogP contribution in [0, 0.1) is 0 Å². The van der Waals surface area contributed by atoms with Crippen LogP contribution in [0.25, 0.3) is 0 Å². The Hall–Kier alpha value is -0.930. The fourth-order valence-electron chi connectivity index (χ4n) is 2.42. The van der Waals surface area contributed by atoms with Crippen LogP contribution in [-0.4, -0.2) is 23.1 Å². The van der Waals surface area contributed by atoms with Crippen molar-refractivity contribution < 1.29 is 9.53 Å². The van der Waals surface area contributed by atoms with E-state index in [0.29, 0.717) is 16.6 Å². The highest BCUT2D eigenvalue weighted by Crippen LogP contribution is 2.36. The van der Waals surface area contributed by atoms with Gasteiger partial charge in [0.15, 0.2) is 0 Å². The van der Waals surface area contributed by atoms with Gasteiger partial charge in [0.25, 0.3) is 0 Å². The summed E-state index contributed by atoms with van der Waals surface area (Å²) in [6.45, 7) is 8.16. The van der Waals surface area contributed by atoms with Crippen LogP contribution in [0.2, 0.25) is 10.0 Å². The standard InChI is InChI=1S/C15H19Cl2NO2/c1-9-12-7-10(16)8-13(17)11(12)5-6-18(9)14(19)20-15(2,3)4/h7-9H,5-6H2,1-4H3/t9-/m0/s1. The number of rotatable bonds is 0. The largest absolute Gasteiger partial charge is 0.444 e. The van der Waals surface area contributed by atoms with Crippen LogP contribution in [0.1, 0.15) is 44.9 Å². The molecular weight excluding hydrogens is 297 g/mol. The van der Waals surface area contributed by atoms with Crippen LogP contribution in [0.3, 0.4) is 0 Å². The van der Waals surface area contributed by atoms with E-state index in [0.717, 1.165) is 17.5 Å². The summed E-state index contributed by atoms with van der Waals surface area (Å²) < 4.78 is 5.44. The van der Waals surface area contributed by atoms with Gasteiger partial charge in [0, 0.05) is 16.6 Å². The number of fused-ring (bicyclic) bond motifs is 1. The highest BCUT2D eigenvalue weighted by molar-refractivity contribution is 6.35. The molecule has 0 saturated heterocycles. The summed E-state index contributed by atoms with van der Waals surface area (Å²) >= 11 is 12.3. The van der Waals surface area contributed by atoms with Crippen LogP contribution in [-0.2, 0) is 11.2 Å². The first-order chi connectivity index (χ1) is 9.19. The van der Waals surface area contributed by atoms with Crippen molar-refractivity contribution >= 4 is 29.3 Å². The van der Waals surface area contributed by atoms with Gasteiger partial charge in [-0.25, -0.2) is 4.79 Å². The predicted octanol–water partition coefficient (Wildman–Crippen LogP) is 4.85.